The zero-order valence-electron chi connectivity index (χ0n) is 12.3. The van der Waals surface area contributed by atoms with Crippen LogP contribution in [-0.2, 0) is 4.74 Å². The first-order valence-corrected chi connectivity index (χ1v) is 7.04. The normalized spacial score (nSPS) is 22.9. The van der Waals surface area contributed by atoms with Crippen LogP contribution in [0.25, 0.3) is 0 Å². The van der Waals surface area contributed by atoms with Crippen molar-refractivity contribution in [3.63, 3.8) is 0 Å². The topological polar surface area (TPSA) is 24.5 Å². The summed E-state index contributed by atoms with van der Waals surface area (Å²) in [5.74, 6) is 0.688. The van der Waals surface area contributed by atoms with Crippen molar-refractivity contribution >= 4 is 0 Å². The van der Waals surface area contributed by atoms with Crippen LogP contribution in [-0.4, -0.2) is 49.3 Å². The molecule has 0 radical (unpaired) electrons. The second-order valence-corrected chi connectivity index (χ2v) is 6.15. The zero-order chi connectivity index (χ0) is 12.9. The first-order valence-electron chi connectivity index (χ1n) is 7.04. The molecule has 0 aromatic carbocycles. The molecule has 1 aliphatic heterocycles. The van der Waals surface area contributed by atoms with E-state index in [1.165, 1.54) is 6.42 Å². The van der Waals surface area contributed by atoms with Crippen molar-refractivity contribution in [3.05, 3.63) is 0 Å². The smallest absolute Gasteiger partial charge is 0.0753 e. The summed E-state index contributed by atoms with van der Waals surface area (Å²) in [6.07, 6.45) is 1.21. The lowest BCUT2D eigenvalue weighted by molar-refractivity contribution is -0.0884. The Bertz CT molecular complexity index is 216. The molecule has 1 rings (SSSR count). The van der Waals surface area contributed by atoms with Crippen LogP contribution in [0.15, 0.2) is 0 Å². The molecule has 3 nitrogen and oxygen atoms in total. The fraction of sp³-hybridized carbons (Fsp3) is 1.00. The minimum Gasteiger partial charge on any atom is -0.373 e. The van der Waals surface area contributed by atoms with E-state index >= 15 is 0 Å². The first kappa shape index (κ1) is 14.9. The van der Waals surface area contributed by atoms with Gasteiger partial charge in [0, 0.05) is 25.7 Å². The lowest BCUT2D eigenvalue weighted by Crippen LogP contribution is -2.53. The summed E-state index contributed by atoms with van der Waals surface area (Å²) < 4.78 is 5.76. The van der Waals surface area contributed by atoms with Crippen LogP contribution in [0.5, 0.6) is 0 Å². The Morgan fingerprint density at radius 2 is 2.06 bits per heavy atom. The van der Waals surface area contributed by atoms with Crippen molar-refractivity contribution in [1.29, 1.82) is 0 Å². The molecule has 1 fully saturated rings. The van der Waals surface area contributed by atoms with Crippen molar-refractivity contribution in [1.82, 2.24) is 10.2 Å². The Labute approximate surface area is 107 Å². The molecule has 1 atom stereocenters. The van der Waals surface area contributed by atoms with Crippen LogP contribution in [0.4, 0.5) is 0 Å². The lowest BCUT2D eigenvalue weighted by Gasteiger charge is -2.40. The van der Waals surface area contributed by atoms with E-state index in [4.69, 9.17) is 4.74 Å². The molecule has 0 aromatic rings. The molecule has 1 heterocycles. The molecular formula is C14H30N2O. The standard InChI is InChI=1S/C14H30N2O/c1-6-7-15-13(12(2)3)10-16-8-9-17-14(4,5)11-16/h12-13,15H,6-11H2,1-5H3. The van der Waals surface area contributed by atoms with Gasteiger partial charge in [-0.3, -0.25) is 4.90 Å². The molecule has 0 bridgehead atoms. The Morgan fingerprint density at radius 3 is 2.59 bits per heavy atom. The van der Waals surface area contributed by atoms with E-state index in [0.717, 1.165) is 32.8 Å². The summed E-state index contributed by atoms with van der Waals surface area (Å²) in [5.41, 5.74) is 0.0184. The van der Waals surface area contributed by atoms with E-state index in [2.05, 4.69) is 44.8 Å². The molecule has 1 aliphatic rings. The molecule has 1 N–H and O–H groups in total. The minimum atomic E-state index is 0.0184. The van der Waals surface area contributed by atoms with Gasteiger partial charge in [-0.05, 0) is 32.7 Å². The zero-order valence-corrected chi connectivity index (χ0v) is 12.3. The molecule has 1 saturated heterocycles. The summed E-state index contributed by atoms with van der Waals surface area (Å²) >= 11 is 0. The molecule has 0 saturated carbocycles. The fourth-order valence-electron chi connectivity index (χ4n) is 2.39. The Balaban J connectivity index is 2.43. The predicted molar refractivity (Wildman–Crippen MR) is 73.4 cm³/mol. The fourth-order valence-corrected chi connectivity index (χ4v) is 2.39. The third-order valence-corrected chi connectivity index (χ3v) is 3.42. The van der Waals surface area contributed by atoms with Crippen LogP contribution in [0.1, 0.15) is 41.0 Å². The molecule has 3 heteroatoms. The first-order chi connectivity index (χ1) is 7.94. The largest absolute Gasteiger partial charge is 0.373 e. The molecule has 0 aromatic heterocycles. The van der Waals surface area contributed by atoms with Gasteiger partial charge >= 0.3 is 0 Å². The lowest BCUT2D eigenvalue weighted by atomic mass is 10.0. The van der Waals surface area contributed by atoms with Gasteiger partial charge in [0.1, 0.15) is 0 Å². The Morgan fingerprint density at radius 1 is 1.35 bits per heavy atom. The van der Waals surface area contributed by atoms with Crippen LogP contribution in [0, 0.1) is 5.92 Å². The average molecular weight is 242 g/mol. The van der Waals surface area contributed by atoms with Gasteiger partial charge in [-0.25, -0.2) is 0 Å². The number of nitrogens with one attached hydrogen (secondary N) is 1. The van der Waals surface area contributed by atoms with Gasteiger partial charge in [0.25, 0.3) is 0 Å². The molecule has 102 valence electrons. The summed E-state index contributed by atoms with van der Waals surface area (Å²) in [5, 5.41) is 3.66. The highest BCUT2D eigenvalue weighted by Crippen LogP contribution is 2.17. The number of morpholine rings is 1. The van der Waals surface area contributed by atoms with E-state index in [1.807, 2.05) is 0 Å². The maximum absolute atomic E-state index is 5.76. The number of hydrogen-bond donors (Lipinski definition) is 1. The summed E-state index contributed by atoms with van der Waals surface area (Å²) in [7, 11) is 0. The SMILES string of the molecule is CCCNC(CN1CCOC(C)(C)C1)C(C)C. The van der Waals surface area contributed by atoms with Crippen molar-refractivity contribution in [2.45, 2.75) is 52.7 Å². The van der Waals surface area contributed by atoms with E-state index in [9.17, 15) is 0 Å². The van der Waals surface area contributed by atoms with Gasteiger partial charge in [-0.2, -0.15) is 0 Å². The Hall–Kier alpha value is -0.120. The van der Waals surface area contributed by atoms with Crippen molar-refractivity contribution in [3.8, 4) is 0 Å². The Kier molecular flexibility index (Phi) is 5.90. The van der Waals surface area contributed by atoms with E-state index < -0.39 is 0 Å². The average Bonchev–Trinajstić information content (AvgIpc) is 2.22. The number of hydrogen-bond acceptors (Lipinski definition) is 3. The maximum Gasteiger partial charge on any atom is 0.0753 e. The number of ether oxygens (including phenoxy) is 1. The number of nitrogens with zero attached hydrogens (tertiary/aromatic N) is 1. The van der Waals surface area contributed by atoms with E-state index in [0.29, 0.717) is 12.0 Å². The van der Waals surface area contributed by atoms with Gasteiger partial charge in [0.05, 0.1) is 12.2 Å². The van der Waals surface area contributed by atoms with Gasteiger partial charge in [0.15, 0.2) is 0 Å². The molecule has 0 aliphatic carbocycles. The molecule has 0 amide bonds. The second kappa shape index (κ2) is 6.72. The quantitative estimate of drug-likeness (QED) is 0.772. The molecule has 17 heavy (non-hydrogen) atoms. The molecule has 0 spiro atoms. The van der Waals surface area contributed by atoms with Crippen molar-refractivity contribution < 1.29 is 4.74 Å². The van der Waals surface area contributed by atoms with E-state index in [-0.39, 0.29) is 5.60 Å². The van der Waals surface area contributed by atoms with Gasteiger partial charge in [-0.15, -0.1) is 0 Å². The highest BCUT2D eigenvalue weighted by atomic mass is 16.5. The third kappa shape index (κ3) is 5.36. The summed E-state index contributed by atoms with van der Waals surface area (Å²) in [4.78, 5) is 2.54. The van der Waals surface area contributed by atoms with Gasteiger partial charge in [-0.1, -0.05) is 20.8 Å². The highest BCUT2D eigenvalue weighted by Gasteiger charge is 2.28. The third-order valence-electron chi connectivity index (χ3n) is 3.42. The number of rotatable bonds is 6. The van der Waals surface area contributed by atoms with Crippen molar-refractivity contribution in [2.24, 2.45) is 5.92 Å². The van der Waals surface area contributed by atoms with Gasteiger partial charge < -0.3 is 10.1 Å². The predicted octanol–water partition coefficient (Wildman–Crippen LogP) is 2.12. The van der Waals surface area contributed by atoms with Crippen LogP contribution in [0.2, 0.25) is 0 Å². The van der Waals surface area contributed by atoms with Crippen LogP contribution >= 0.6 is 0 Å². The highest BCUT2D eigenvalue weighted by molar-refractivity contribution is 4.83. The van der Waals surface area contributed by atoms with Crippen molar-refractivity contribution in [2.75, 3.05) is 32.8 Å². The summed E-state index contributed by atoms with van der Waals surface area (Å²) in [6, 6.07) is 0.601. The minimum absolute atomic E-state index is 0.0184. The monoisotopic (exact) mass is 242 g/mol. The van der Waals surface area contributed by atoms with Gasteiger partial charge in [0.2, 0.25) is 0 Å². The molecule has 1 unspecified atom stereocenters. The molecular weight excluding hydrogens is 212 g/mol. The summed E-state index contributed by atoms with van der Waals surface area (Å²) in [6.45, 7) is 16.4. The van der Waals surface area contributed by atoms with Crippen LogP contribution in [0.3, 0.4) is 0 Å². The maximum atomic E-state index is 5.76. The van der Waals surface area contributed by atoms with Crippen LogP contribution < -0.4 is 5.32 Å². The van der Waals surface area contributed by atoms with E-state index in [1.54, 1.807) is 0 Å². The second-order valence-electron chi connectivity index (χ2n) is 6.15.